The Labute approximate surface area is 132 Å². The van der Waals surface area contributed by atoms with Gasteiger partial charge in [0, 0.05) is 12.2 Å². The molecule has 2 aromatic heterocycles. The summed E-state index contributed by atoms with van der Waals surface area (Å²) < 4.78 is 2.26. The molecule has 3 aromatic rings. The Kier molecular flexibility index (Phi) is 4.53. The second-order valence-corrected chi connectivity index (χ2v) is 7.06. The zero-order chi connectivity index (χ0) is 14.7. The highest BCUT2D eigenvalue weighted by molar-refractivity contribution is 8.01. The van der Waals surface area contributed by atoms with Gasteiger partial charge in [0.2, 0.25) is 0 Å². The predicted molar refractivity (Wildman–Crippen MR) is 90.1 cm³/mol. The molecule has 2 heterocycles. The van der Waals surface area contributed by atoms with Crippen LogP contribution in [0.3, 0.4) is 0 Å². The summed E-state index contributed by atoms with van der Waals surface area (Å²) >= 11 is 3.33. The summed E-state index contributed by atoms with van der Waals surface area (Å²) in [5.41, 5.74) is 2.27. The molecule has 0 aliphatic heterocycles. The van der Waals surface area contributed by atoms with Gasteiger partial charge in [-0.05, 0) is 49.0 Å². The van der Waals surface area contributed by atoms with Crippen molar-refractivity contribution in [3.63, 3.8) is 0 Å². The first-order chi connectivity index (χ1) is 10.3. The maximum Gasteiger partial charge on any atom is 0.157 e. The van der Waals surface area contributed by atoms with Crippen molar-refractivity contribution in [1.82, 2.24) is 15.3 Å². The Morgan fingerprint density at radius 1 is 1.24 bits per heavy atom. The molecule has 1 aromatic carbocycles. The van der Waals surface area contributed by atoms with Gasteiger partial charge in [0.05, 0.1) is 10.2 Å². The van der Waals surface area contributed by atoms with E-state index in [0.717, 1.165) is 21.4 Å². The van der Waals surface area contributed by atoms with Crippen molar-refractivity contribution in [2.45, 2.75) is 29.3 Å². The van der Waals surface area contributed by atoms with Crippen LogP contribution in [0.1, 0.15) is 25.5 Å². The van der Waals surface area contributed by atoms with Crippen molar-refractivity contribution < 1.29 is 0 Å². The molecule has 3 nitrogen and oxygen atoms in total. The zero-order valence-corrected chi connectivity index (χ0v) is 13.7. The van der Waals surface area contributed by atoms with Crippen molar-refractivity contribution in [2.75, 3.05) is 6.54 Å². The maximum absolute atomic E-state index is 4.62. The van der Waals surface area contributed by atoms with E-state index in [1.54, 1.807) is 23.1 Å². The van der Waals surface area contributed by atoms with Gasteiger partial charge in [-0.1, -0.05) is 25.1 Å². The molecule has 1 unspecified atom stereocenters. The molecule has 1 N–H and O–H groups in total. The van der Waals surface area contributed by atoms with Gasteiger partial charge in [-0.25, -0.2) is 9.97 Å². The monoisotopic (exact) mass is 315 g/mol. The third-order valence-electron chi connectivity index (χ3n) is 3.24. The standard InChI is InChI=1S/C16H17N3S2/c1-3-17-11(2)12-8-9-15(18-10-12)21-16-19-13-6-4-5-7-14(13)20-16/h4-11,17H,3H2,1-2H3. The number of benzene rings is 1. The minimum absolute atomic E-state index is 0.337. The highest BCUT2D eigenvalue weighted by Crippen LogP contribution is 2.33. The SMILES string of the molecule is CCNC(C)c1ccc(Sc2nc3ccccc3s2)nc1. The van der Waals surface area contributed by atoms with Crippen LogP contribution in [0.2, 0.25) is 0 Å². The second kappa shape index (κ2) is 6.56. The van der Waals surface area contributed by atoms with E-state index in [1.807, 2.05) is 24.4 Å². The Morgan fingerprint density at radius 3 is 2.81 bits per heavy atom. The number of pyridine rings is 1. The predicted octanol–water partition coefficient (Wildman–Crippen LogP) is 4.51. The fraction of sp³-hybridized carbons (Fsp3) is 0.250. The molecule has 1 atom stereocenters. The molecule has 0 saturated heterocycles. The van der Waals surface area contributed by atoms with Gasteiger partial charge in [0.1, 0.15) is 5.03 Å². The third-order valence-corrected chi connectivity index (χ3v) is 5.28. The number of aromatic nitrogens is 2. The van der Waals surface area contributed by atoms with E-state index in [2.05, 4.69) is 47.3 Å². The Balaban J connectivity index is 1.75. The lowest BCUT2D eigenvalue weighted by Gasteiger charge is -2.12. The summed E-state index contributed by atoms with van der Waals surface area (Å²) in [6.07, 6.45) is 1.95. The van der Waals surface area contributed by atoms with Crippen molar-refractivity contribution in [2.24, 2.45) is 0 Å². The number of fused-ring (bicyclic) bond motifs is 1. The molecular weight excluding hydrogens is 298 g/mol. The number of thiazole rings is 1. The first kappa shape index (κ1) is 14.5. The number of rotatable bonds is 5. The minimum Gasteiger partial charge on any atom is -0.310 e. The first-order valence-corrected chi connectivity index (χ1v) is 8.62. The average Bonchev–Trinajstić information content (AvgIpc) is 2.90. The molecule has 0 saturated carbocycles. The number of hydrogen-bond donors (Lipinski definition) is 1. The van der Waals surface area contributed by atoms with E-state index < -0.39 is 0 Å². The molecule has 0 bridgehead atoms. The van der Waals surface area contributed by atoms with E-state index in [4.69, 9.17) is 0 Å². The summed E-state index contributed by atoms with van der Waals surface area (Å²) in [4.78, 5) is 9.16. The highest BCUT2D eigenvalue weighted by atomic mass is 32.2. The number of nitrogens with one attached hydrogen (secondary N) is 1. The quantitative estimate of drug-likeness (QED) is 0.751. The smallest absolute Gasteiger partial charge is 0.157 e. The van der Waals surface area contributed by atoms with Crippen molar-refractivity contribution in [3.8, 4) is 0 Å². The summed E-state index contributed by atoms with van der Waals surface area (Å²) in [5.74, 6) is 0. The van der Waals surface area contributed by atoms with Gasteiger partial charge in [0.25, 0.3) is 0 Å². The lowest BCUT2D eigenvalue weighted by Crippen LogP contribution is -2.17. The third kappa shape index (κ3) is 3.43. The first-order valence-electron chi connectivity index (χ1n) is 6.99. The molecule has 0 amide bonds. The fourth-order valence-electron chi connectivity index (χ4n) is 2.12. The van der Waals surface area contributed by atoms with Gasteiger partial charge in [0.15, 0.2) is 4.34 Å². The van der Waals surface area contributed by atoms with Crippen LogP contribution < -0.4 is 5.32 Å². The van der Waals surface area contributed by atoms with E-state index in [-0.39, 0.29) is 0 Å². The van der Waals surface area contributed by atoms with Crippen LogP contribution in [0.4, 0.5) is 0 Å². The van der Waals surface area contributed by atoms with Crippen molar-refractivity contribution in [1.29, 1.82) is 0 Å². The minimum atomic E-state index is 0.337. The maximum atomic E-state index is 4.62. The molecular formula is C16H17N3S2. The Hall–Kier alpha value is -1.43. The van der Waals surface area contributed by atoms with Crippen molar-refractivity contribution in [3.05, 3.63) is 48.2 Å². The van der Waals surface area contributed by atoms with Gasteiger partial charge >= 0.3 is 0 Å². The molecule has 21 heavy (non-hydrogen) atoms. The molecule has 108 valence electrons. The summed E-state index contributed by atoms with van der Waals surface area (Å²) in [6.45, 7) is 5.23. The number of hydrogen-bond acceptors (Lipinski definition) is 5. The van der Waals surface area contributed by atoms with Crippen LogP contribution in [-0.4, -0.2) is 16.5 Å². The summed E-state index contributed by atoms with van der Waals surface area (Å²) in [6, 6.07) is 12.8. The molecule has 0 aliphatic carbocycles. The average molecular weight is 315 g/mol. The van der Waals surface area contributed by atoms with Crippen LogP contribution >= 0.6 is 23.1 Å². The Bertz CT molecular complexity index is 689. The fourth-order valence-corrected chi connectivity index (χ4v) is 4.07. The van der Waals surface area contributed by atoms with E-state index in [9.17, 15) is 0 Å². The normalized spacial score (nSPS) is 12.7. The topological polar surface area (TPSA) is 37.8 Å². The van der Waals surface area contributed by atoms with Crippen LogP contribution in [0.25, 0.3) is 10.2 Å². The van der Waals surface area contributed by atoms with Crippen LogP contribution in [0.5, 0.6) is 0 Å². The molecule has 0 spiro atoms. The molecule has 0 aliphatic rings. The lowest BCUT2D eigenvalue weighted by molar-refractivity contribution is 0.595. The van der Waals surface area contributed by atoms with Crippen LogP contribution in [0, 0.1) is 0 Å². The van der Waals surface area contributed by atoms with E-state index in [0.29, 0.717) is 6.04 Å². The summed E-state index contributed by atoms with van der Waals surface area (Å²) in [5, 5.41) is 4.38. The van der Waals surface area contributed by atoms with E-state index >= 15 is 0 Å². The van der Waals surface area contributed by atoms with Gasteiger partial charge < -0.3 is 5.32 Å². The molecule has 5 heteroatoms. The zero-order valence-electron chi connectivity index (χ0n) is 12.0. The van der Waals surface area contributed by atoms with Crippen LogP contribution in [-0.2, 0) is 0 Å². The van der Waals surface area contributed by atoms with Gasteiger partial charge in [-0.15, -0.1) is 11.3 Å². The number of para-hydroxylation sites is 1. The number of nitrogens with zero attached hydrogens (tertiary/aromatic N) is 2. The molecule has 0 radical (unpaired) electrons. The highest BCUT2D eigenvalue weighted by Gasteiger charge is 2.08. The largest absolute Gasteiger partial charge is 0.310 e. The van der Waals surface area contributed by atoms with Gasteiger partial charge in [-0.2, -0.15) is 0 Å². The van der Waals surface area contributed by atoms with Crippen LogP contribution in [0.15, 0.2) is 52.0 Å². The molecule has 0 fully saturated rings. The lowest BCUT2D eigenvalue weighted by atomic mass is 10.1. The Morgan fingerprint density at radius 2 is 2.10 bits per heavy atom. The van der Waals surface area contributed by atoms with E-state index in [1.165, 1.54) is 10.3 Å². The second-order valence-electron chi connectivity index (χ2n) is 4.76. The molecule has 3 rings (SSSR count). The summed E-state index contributed by atoms with van der Waals surface area (Å²) in [7, 11) is 0. The van der Waals surface area contributed by atoms with Crippen molar-refractivity contribution >= 4 is 33.3 Å². The van der Waals surface area contributed by atoms with Gasteiger partial charge in [-0.3, -0.25) is 0 Å².